The van der Waals surface area contributed by atoms with Crippen molar-refractivity contribution in [2.45, 2.75) is 0 Å². The second-order valence-electron chi connectivity index (χ2n) is 4.83. The summed E-state index contributed by atoms with van der Waals surface area (Å²) in [6.45, 7) is 6.61. The number of primary amides is 1. The Hall–Kier alpha value is -1.01. The van der Waals surface area contributed by atoms with E-state index in [4.69, 9.17) is 38.9 Å². The molecule has 0 fully saturated rings. The molecule has 0 aromatic rings. The van der Waals surface area contributed by atoms with Gasteiger partial charge in [-0.1, -0.05) is 0 Å². The smallest absolute Gasteiger partial charge is 0.404 e. The number of nitrogens with two attached hydrogens (primary N) is 1. The van der Waals surface area contributed by atoms with Crippen molar-refractivity contribution in [3.63, 3.8) is 0 Å². The van der Waals surface area contributed by atoms with E-state index in [9.17, 15) is 4.79 Å². The van der Waals surface area contributed by atoms with E-state index in [0.717, 1.165) is 0 Å². The lowest BCUT2D eigenvalue weighted by molar-refractivity contribution is -0.0204. The molecule has 0 aliphatic heterocycles. The molecule has 0 atom stereocenters. The predicted molar refractivity (Wildman–Crippen MR) is 92.3 cm³/mol. The van der Waals surface area contributed by atoms with Crippen molar-refractivity contribution >= 4 is 6.09 Å². The van der Waals surface area contributed by atoms with Gasteiger partial charge in [0.25, 0.3) is 0 Å². The van der Waals surface area contributed by atoms with Crippen molar-refractivity contribution in [1.29, 1.82) is 0 Å². The second kappa shape index (κ2) is 22.0. The maximum atomic E-state index is 10.3. The fourth-order valence-corrected chi connectivity index (χ4v) is 1.55. The predicted octanol–water partition coefficient (Wildman–Crippen LogP) is -0.172. The Morgan fingerprint density at radius 2 is 0.808 bits per heavy atom. The highest BCUT2D eigenvalue weighted by Gasteiger charge is 1.95. The van der Waals surface area contributed by atoms with E-state index in [0.29, 0.717) is 85.9 Å². The third-order valence-electron chi connectivity index (χ3n) is 2.76. The summed E-state index contributed by atoms with van der Waals surface area (Å²) >= 11 is 0. The SMILES string of the molecule is COCCOCCOCCOCCOCCOCCOCCOC(N)=O. The van der Waals surface area contributed by atoms with E-state index < -0.39 is 6.09 Å². The van der Waals surface area contributed by atoms with Crippen LogP contribution in [0.15, 0.2) is 0 Å². The molecule has 26 heavy (non-hydrogen) atoms. The van der Waals surface area contributed by atoms with Crippen molar-refractivity contribution in [1.82, 2.24) is 0 Å². The molecule has 0 saturated heterocycles. The molecular weight excluding hydrogens is 350 g/mol. The molecule has 0 aliphatic carbocycles. The van der Waals surface area contributed by atoms with Crippen molar-refractivity contribution in [3.05, 3.63) is 0 Å². The molecule has 10 nitrogen and oxygen atoms in total. The molecule has 0 rings (SSSR count). The minimum absolute atomic E-state index is 0.144. The first-order chi connectivity index (χ1) is 12.8. The van der Waals surface area contributed by atoms with Crippen LogP contribution in [-0.2, 0) is 37.9 Å². The molecule has 0 unspecified atom stereocenters. The van der Waals surface area contributed by atoms with Crippen LogP contribution >= 0.6 is 0 Å². The van der Waals surface area contributed by atoms with Gasteiger partial charge in [-0.2, -0.15) is 0 Å². The van der Waals surface area contributed by atoms with E-state index >= 15 is 0 Å². The van der Waals surface area contributed by atoms with Crippen molar-refractivity contribution < 1.29 is 42.7 Å². The summed E-state index contributed by atoms with van der Waals surface area (Å²) in [6.07, 6.45) is -0.804. The number of ether oxygens (including phenoxy) is 8. The molecule has 0 radical (unpaired) electrons. The van der Waals surface area contributed by atoms with Crippen LogP contribution in [0.5, 0.6) is 0 Å². The summed E-state index contributed by atoms with van der Waals surface area (Å²) in [5.41, 5.74) is 4.80. The van der Waals surface area contributed by atoms with Crippen LogP contribution in [0.4, 0.5) is 4.79 Å². The molecule has 0 aromatic heterocycles. The summed E-state index contributed by atoms with van der Waals surface area (Å²) in [6, 6.07) is 0. The van der Waals surface area contributed by atoms with Crippen molar-refractivity contribution in [2.75, 3.05) is 99.6 Å². The Labute approximate surface area is 155 Å². The Morgan fingerprint density at radius 1 is 0.538 bits per heavy atom. The molecule has 0 aromatic carbocycles. The fourth-order valence-electron chi connectivity index (χ4n) is 1.55. The van der Waals surface area contributed by atoms with Gasteiger partial charge in [-0.05, 0) is 0 Å². The molecule has 10 heteroatoms. The number of carbonyl (C=O) groups excluding carboxylic acids is 1. The van der Waals surface area contributed by atoms with Gasteiger partial charge in [0, 0.05) is 7.11 Å². The van der Waals surface area contributed by atoms with Crippen molar-refractivity contribution in [3.8, 4) is 0 Å². The fraction of sp³-hybridized carbons (Fsp3) is 0.938. The van der Waals surface area contributed by atoms with Crippen LogP contribution in [0.1, 0.15) is 0 Å². The van der Waals surface area contributed by atoms with E-state index in [2.05, 4.69) is 4.74 Å². The van der Waals surface area contributed by atoms with Crippen LogP contribution in [0.3, 0.4) is 0 Å². The van der Waals surface area contributed by atoms with E-state index in [1.165, 1.54) is 0 Å². The van der Waals surface area contributed by atoms with Gasteiger partial charge in [-0.25, -0.2) is 4.79 Å². The minimum Gasteiger partial charge on any atom is -0.447 e. The Bertz CT molecular complexity index is 295. The first kappa shape index (κ1) is 25.0. The molecule has 1 amide bonds. The van der Waals surface area contributed by atoms with Crippen LogP contribution in [0.2, 0.25) is 0 Å². The Morgan fingerprint density at radius 3 is 1.08 bits per heavy atom. The topological polar surface area (TPSA) is 117 Å². The third kappa shape index (κ3) is 23.0. The molecular formula is C16H33NO9. The van der Waals surface area contributed by atoms with Crippen LogP contribution < -0.4 is 5.73 Å². The summed E-state index contributed by atoms with van der Waals surface area (Å²) in [4.78, 5) is 10.3. The lowest BCUT2D eigenvalue weighted by atomic mass is 10.6. The highest BCUT2D eigenvalue weighted by atomic mass is 16.6. The average Bonchev–Trinajstić information content (AvgIpc) is 2.62. The van der Waals surface area contributed by atoms with Crippen LogP contribution in [0, 0.1) is 0 Å². The molecule has 0 aliphatic rings. The molecule has 0 bridgehead atoms. The van der Waals surface area contributed by atoms with Gasteiger partial charge in [0.15, 0.2) is 0 Å². The maximum Gasteiger partial charge on any atom is 0.404 e. The van der Waals surface area contributed by atoms with E-state index in [1.807, 2.05) is 0 Å². The zero-order valence-corrected chi connectivity index (χ0v) is 15.7. The monoisotopic (exact) mass is 383 g/mol. The highest BCUT2D eigenvalue weighted by Crippen LogP contribution is 1.85. The maximum absolute atomic E-state index is 10.3. The largest absolute Gasteiger partial charge is 0.447 e. The standard InChI is InChI=1S/C16H33NO9/c1-19-2-3-20-4-5-21-6-7-22-8-9-23-10-11-24-12-13-25-14-15-26-16(17)18/h2-15H2,1H3,(H2,17,18). The van der Waals surface area contributed by atoms with Gasteiger partial charge in [-0.15, -0.1) is 0 Å². The zero-order valence-electron chi connectivity index (χ0n) is 15.7. The van der Waals surface area contributed by atoms with Gasteiger partial charge in [0.2, 0.25) is 0 Å². The molecule has 0 heterocycles. The Balaban J connectivity index is 2.98. The molecule has 156 valence electrons. The minimum atomic E-state index is -0.804. The summed E-state index contributed by atoms with van der Waals surface area (Å²) < 4.78 is 41.1. The van der Waals surface area contributed by atoms with E-state index in [1.54, 1.807) is 7.11 Å². The number of hydrogen-bond acceptors (Lipinski definition) is 9. The Kier molecular flexibility index (Phi) is 21.2. The lowest BCUT2D eigenvalue weighted by Gasteiger charge is -2.08. The zero-order chi connectivity index (χ0) is 19.1. The number of rotatable bonds is 21. The molecule has 2 N–H and O–H groups in total. The highest BCUT2D eigenvalue weighted by molar-refractivity contribution is 5.64. The van der Waals surface area contributed by atoms with E-state index in [-0.39, 0.29) is 6.61 Å². The van der Waals surface area contributed by atoms with Gasteiger partial charge < -0.3 is 43.6 Å². The molecule has 0 saturated carbocycles. The second-order valence-corrected chi connectivity index (χ2v) is 4.83. The lowest BCUT2D eigenvalue weighted by Crippen LogP contribution is -2.17. The number of amides is 1. The van der Waals surface area contributed by atoms with Gasteiger partial charge >= 0.3 is 6.09 Å². The quantitative estimate of drug-likeness (QED) is 0.270. The van der Waals surface area contributed by atoms with Gasteiger partial charge in [-0.3, -0.25) is 0 Å². The summed E-state index contributed by atoms with van der Waals surface area (Å²) in [7, 11) is 1.64. The van der Waals surface area contributed by atoms with Crippen LogP contribution in [-0.4, -0.2) is 106 Å². The van der Waals surface area contributed by atoms with Gasteiger partial charge in [0.05, 0.1) is 85.9 Å². The first-order valence-electron chi connectivity index (χ1n) is 8.65. The van der Waals surface area contributed by atoms with Crippen LogP contribution in [0.25, 0.3) is 0 Å². The number of carbonyl (C=O) groups is 1. The third-order valence-corrected chi connectivity index (χ3v) is 2.76. The normalized spacial score (nSPS) is 11.0. The molecule has 0 spiro atoms. The average molecular weight is 383 g/mol. The first-order valence-corrected chi connectivity index (χ1v) is 8.65. The summed E-state index contributed by atoms with van der Waals surface area (Å²) in [5.74, 6) is 0. The van der Waals surface area contributed by atoms with Gasteiger partial charge in [0.1, 0.15) is 6.61 Å². The number of methoxy groups -OCH3 is 1. The van der Waals surface area contributed by atoms with Crippen molar-refractivity contribution in [2.24, 2.45) is 5.73 Å². The number of hydrogen-bond donors (Lipinski definition) is 1. The summed E-state index contributed by atoms with van der Waals surface area (Å²) in [5, 5.41) is 0.